The summed E-state index contributed by atoms with van der Waals surface area (Å²) < 4.78 is 0. The predicted octanol–water partition coefficient (Wildman–Crippen LogP) is 16.3. The van der Waals surface area contributed by atoms with Crippen LogP contribution in [-0.4, -0.2) is 29.9 Å². The van der Waals surface area contributed by atoms with E-state index in [-0.39, 0.29) is 0 Å². The highest BCUT2D eigenvalue weighted by Gasteiger charge is 2.13. The van der Waals surface area contributed by atoms with Crippen LogP contribution in [0.25, 0.3) is 88.6 Å². The normalized spacial score (nSPS) is 10.6. The van der Waals surface area contributed by atoms with Crippen molar-refractivity contribution < 1.29 is 0 Å². The van der Waals surface area contributed by atoms with Gasteiger partial charge in [0.25, 0.3) is 0 Å². The molecule has 14 rings (SSSR count). The van der Waals surface area contributed by atoms with E-state index in [9.17, 15) is 0 Å². The molecule has 14 aromatic rings. The van der Waals surface area contributed by atoms with E-state index >= 15 is 0 Å². The van der Waals surface area contributed by atoms with Crippen LogP contribution in [0.4, 0.5) is 0 Å². The molecule has 0 radical (unpaired) electrons. The van der Waals surface area contributed by atoms with Gasteiger partial charge in [0.1, 0.15) is 0 Å². The van der Waals surface area contributed by atoms with Gasteiger partial charge in [-0.15, -0.1) is 0 Å². The first kappa shape index (κ1) is 51.6. The van der Waals surface area contributed by atoms with Crippen LogP contribution in [0.15, 0.2) is 267 Å². The van der Waals surface area contributed by atoms with E-state index in [1.807, 2.05) is 121 Å². The fraction of sp³-hybridized carbons (Fsp3) is 0. The van der Waals surface area contributed by atoms with Gasteiger partial charge in [0.2, 0.25) is 0 Å². The Morgan fingerprint density at radius 2 is 0.360 bits per heavy atom. The zero-order chi connectivity index (χ0) is 57.4. The SMILES string of the molecule is C(#Cc1ccc(C#Cc2ccc(C#Cc3ccc(C#Cc4ccc(C#Cc5cc(-c6ccccn6)nc(-c6ccccn6)c5)c5ccccc45)c4ccccc34)c3ccccc23)c2ccccc12)c1cc(-c2ccccn2)nc(-c2ccccn2)c1. The minimum Gasteiger partial charge on any atom is -0.255 e. The summed E-state index contributed by atoms with van der Waals surface area (Å²) in [5, 5.41) is 8.25. The number of benzene rings is 8. The Balaban J connectivity index is 0.737. The summed E-state index contributed by atoms with van der Waals surface area (Å²) in [6, 6.07) is 81.0. The highest BCUT2D eigenvalue weighted by Crippen LogP contribution is 2.30. The molecule has 8 aromatic carbocycles. The van der Waals surface area contributed by atoms with Crippen molar-refractivity contribution in [3.05, 3.63) is 323 Å². The number of hydrogen-bond donors (Lipinski definition) is 0. The molecule has 0 saturated carbocycles. The van der Waals surface area contributed by atoms with Gasteiger partial charge >= 0.3 is 0 Å². The highest BCUT2D eigenvalue weighted by atomic mass is 14.8. The highest BCUT2D eigenvalue weighted by molar-refractivity contribution is 5.98. The lowest BCUT2D eigenvalue weighted by Gasteiger charge is -2.06. The average molecular weight is 1090 g/mol. The standard InChI is InChI=1S/C80H44N6/c1-3-19-67-59(35-33-57(65(67)17-1)31-29-55-51-77(73-25-9-13-47-81-73)85-78(52-55)74-26-10-14-48-82-74)37-39-61-41-43-63(71-23-7-5-21-69(61)71)45-46-64-44-42-62(70-22-6-8-24-72(64)70)40-38-60-36-34-58(66-18-2-4-20-68(60)66)32-30-56-53-79(75-27-11-15-49-83-75)86-80(54-56)76-28-12-16-50-84-76/h1-28,33-36,41-44,47-54H. The maximum absolute atomic E-state index is 4.91. The third kappa shape index (κ3) is 10.9. The zero-order valence-corrected chi connectivity index (χ0v) is 46.1. The molecule has 0 aliphatic carbocycles. The molecular weight excluding hydrogens is 1040 g/mol. The number of fused-ring (bicyclic) bond motifs is 4. The summed E-state index contributed by atoms with van der Waals surface area (Å²) in [6.07, 6.45) is 7.08. The summed E-state index contributed by atoms with van der Waals surface area (Å²) in [7, 11) is 0. The van der Waals surface area contributed by atoms with E-state index < -0.39 is 0 Å². The Bertz CT molecular complexity index is 4860. The second kappa shape index (κ2) is 23.5. The predicted molar refractivity (Wildman–Crippen MR) is 347 cm³/mol. The van der Waals surface area contributed by atoms with E-state index in [2.05, 4.69) is 200 Å². The first-order chi connectivity index (χ1) is 42.6. The van der Waals surface area contributed by atoms with Gasteiger partial charge in [0, 0.05) is 80.4 Å². The van der Waals surface area contributed by atoms with Gasteiger partial charge < -0.3 is 0 Å². The molecule has 6 heteroatoms. The Morgan fingerprint density at radius 1 is 0.174 bits per heavy atom. The van der Waals surface area contributed by atoms with Crippen LogP contribution in [0, 0.1) is 59.2 Å². The van der Waals surface area contributed by atoms with Crippen LogP contribution in [-0.2, 0) is 0 Å². The second-order valence-electron chi connectivity index (χ2n) is 20.2. The van der Waals surface area contributed by atoms with Gasteiger partial charge in [-0.2, -0.15) is 0 Å². The average Bonchev–Trinajstić information content (AvgIpc) is 2.97. The molecule has 6 heterocycles. The molecule has 0 spiro atoms. The van der Waals surface area contributed by atoms with Crippen molar-refractivity contribution in [3.63, 3.8) is 0 Å². The molecule has 0 N–H and O–H groups in total. The fourth-order valence-corrected chi connectivity index (χ4v) is 10.5. The fourth-order valence-electron chi connectivity index (χ4n) is 10.5. The van der Waals surface area contributed by atoms with Crippen molar-refractivity contribution in [2.24, 2.45) is 0 Å². The molecule has 0 amide bonds. The molecule has 6 nitrogen and oxygen atoms in total. The molecule has 0 saturated heterocycles. The molecule has 0 unspecified atom stereocenters. The van der Waals surface area contributed by atoms with E-state index in [0.717, 1.165) is 144 Å². The number of hydrogen-bond acceptors (Lipinski definition) is 6. The number of pyridine rings is 6. The Kier molecular flexibility index (Phi) is 14.1. The van der Waals surface area contributed by atoms with Crippen molar-refractivity contribution in [2.75, 3.05) is 0 Å². The summed E-state index contributed by atoms with van der Waals surface area (Å²) in [5.74, 6) is 35.0. The first-order valence-corrected chi connectivity index (χ1v) is 28.0. The molecule has 6 aromatic heterocycles. The molecule has 0 fully saturated rings. The van der Waals surface area contributed by atoms with Crippen LogP contribution in [0.1, 0.15) is 55.6 Å². The molecule has 86 heavy (non-hydrogen) atoms. The van der Waals surface area contributed by atoms with Gasteiger partial charge in [0.15, 0.2) is 0 Å². The molecule has 0 atom stereocenters. The van der Waals surface area contributed by atoms with Crippen molar-refractivity contribution in [2.45, 2.75) is 0 Å². The monoisotopic (exact) mass is 1090 g/mol. The number of aromatic nitrogens is 6. The minimum atomic E-state index is 0.732. The number of rotatable bonds is 4. The summed E-state index contributed by atoms with van der Waals surface area (Å²) in [6.45, 7) is 0. The largest absolute Gasteiger partial charge is 0.255 e. The topological polar surface area (TPSA) is 77.3 Å². The third-order valence-corrected chi connectivity index (χ3v) is 14.7. The van der Waals surface area contributed by atoms with Gasteiger partial charge in [0.05, 0.1) is 45.6 Å². The van der Waals surface area contributed by atoms with Gasteiger partial charge in [-0.25, -0.2) is 9.97 Å². The molecule has 0 bridgehead atoms. The Morgan fingerprint density at radius 3 is 0.547 bits per heavy atom. The van der Waals surface area contributed by atoms with E-state index in [1.165, 1.54) is 0 Å². The lowest BCUT2D eigenvalue weighted by atomic mass is 9.96. The lowest BCUT2D eigenvalue weighted by molar-refractivity contribution is 1.21. The van der Waals surface area contributed by atoms with Crippen molar-refractivity contribution in [3.8, 4) is 105 Å². The van der Waals surface area contributed by atoms with Gasteiger partial charge in [-0.1, -0.05) is 181 Å². The molecule has 0 aliphatic rings. The summed E-state index contributed by atoms with van der Waals surface area (Å²) in [4.78, 5) is 28.1. The van der Waals surface area contributed by atoms with Crippen LogP contribution in [0.5, 0.6) is 0 Å². The molecular formula is C80H44N6. The quantitative estimate of drug-likeness (QED) is 0.163. The maximum Gasteiger partial charge on any atom is 0.0906 e. The first-order valence-electron chi connectivity index (χ1n) is 28.0. The smallest absolute Gasteiger partial charge is 0.0906 e. The van der Waals surface area contributed by atoms with E-state index in [1.54, 1.807) is 24.8 Å². The summed E-state index contributed by atoms with van der Waals surface area (Å²) >= 11 is 0. The van der Waals surface area contributed by atoms with Crippen molar-refractivity contribution in [1.82, 2.24) is 29.9 Å². The van der Waals surface area contributed by atoms with Crippen LogP contribution >= 0.6 is 0 Å². The van der Waals surface area contributed by atoms with E-state index in [4.69, 9.17) is 9.97 Å². The Labute approximate surface area is 498 Å². The molecule has 394 valence electrons. The lowest BCUT2D eigenvalue weighted by Crippen LogP contribution is -1.94. The Hall–Kier alpha value is -12.5. The van der Waals surface area contributed by atoms with Gasteiger partial charge in [-0.3, -0.25) is 19.9 Å². The third-order valence-electron chi connectivity index (χ3n) is 14.7. The van der Waals surface area contributed by atoms with Crippen LogP contribution < -0.4 is 0 Å². The molecule has 0 aliphatic heterocycles. The van der Waals surface area contributed by atoms with Crippen LogP contribution in [0.2, 0.25) is 0 Å². The van der Waals surface area contributed by atoms with Crippen molar-refractivity contribution in [1.29, 1.82) is 0 Å². The minimum absolute atomic E-state index is 0.732. The van der Waals surface area contributed by atoms with Crippen LogP contribution in [0.3, 0.4) is 0 Å². The number of nitrogens with zero attached hydrogens (tertiary/aromatic N) is 6. The zero-order valence-electron chi connectivity index (χ0n) is 46.1. The summed E-state index contributed by atoms with van der Waals surface area (Å²) in [5.41, 5.74) is 14.9. The van der Waals surface area contributed by atoms with Crippen molar-refractivity contribution >= 4 is 43.1 Å². The van der Waals surface area contributed by atoms with Gasteiger partial charge in [-0.05, 0) is 164 Å². The maximum atomic E-state index is 4.91. The van der Waals surface area contributed by atoms with E-state index in [0.29, 0.717) is 0 Å². The second-order valence-corrected chi connectivity index (χ2v) is 20.2.